The van der Waals surface area contributed by atoms with E-state index in [0.29, 0.717) is 11.6 Å². The van der Waals surface area contributed by atoms with E-state index in [4.69, 9.17) is 9.47 Å². The highest BCUT2D eigenvalue weighted by Gasteiger charge is 2.31. The summed E-state index contributed by atoms with van der Waals surface area (Å²) in [5.41, 5.74) is 1.60. The van der Waals surface area contributed by atoms with Crippen LogP contribution in [0.15, 0.2) is 30.5 Å². The Morgan fingerprint density at radius 3 is 2.86 bits per heavy atom. The third kappa shape index (κ3) is 2.56. The number of rotatable bonds is 2. The molecule has 0 amide bonds. The van der Waals surface area contributed by atoms with Gasteiger partial charge in [-0.3, -0.25) is 0 Å². The largest absolute Gasteiger partial charge is 0.465 e. The summed E-state index contributed by atoms with van der Waals surface area (Å²) >= 11 is 0. The van der Waals surface area contributed by atoms with Gasteiger partial charge in [-0.05, 0) is 32.8 Å². The van der Waals surface area contributed by atoms with Gasteiger partial charge in [0.1, 0.15) is 0 Å². The number of esters is 1. The molecule has 1 aromatic heterocycles. The van der Waals surface area contributed by atoms with Crippen LogP contribution in [0.2, 0.25) is 0 Å². The Bertz CT molecular complexity index is 672. The second kappa shape index (κ2) is 5.19. The van der Waals surface area contributed by atoms with Crippen LogP contribution in [0.4, 0.5) is 0 Å². The molecule has 1 aliphatic heterocycles. The molecule has 112 valence electrons. The zero-order valence-electron chi connectivity index (χ0n) is 12.8. The first-order chi connectivity index (χ1) is 10.0. The van der Waals surface area contributed by atoms with Crippen molar-refractivity contribution >= 4 is 16.9 Å². The average Bonchev–Trinajstić information content (AvgIpc) is 2.85. The van der Waals surface area contributed by atoms with Crippen molar-refractivity contribution in [1.29, 1.82) is 0 Å². The van der Waals surface area contributed by atoms with Crippen LogP contribution in [0, 0.1) is 0 Å². The fourth-order valence-corrected chi connectivity index (χ4v) is 3.22. The monoisotopic (exact) mass is 287 g/mol. The van der Waals surface area contributed by atoms with Gasteiger partial charge in [-0.25, -0.2) is 4.79 Å². The lowest BCUT2D eigenvalue weighted by molar-refractivity contribution is -0.0684. The zero-order valence-corrected chi connectivity index (χ0v) is 12.8. The highest BCUT2D eigenvalue weighted by Crippen LogP contribution is 2.35. The van der Waals surface area contributed by atoms with Gasteiger partial charge in [0.15, 0.2) is 0 Å². The third-order valence-corrected chi connectivity index (χ3v) is 4.21. The van der Waals surface area contributed by atoms with Crippen LogP contribution in [-0.4, -0.2) is 29.9 Å². The number of hydrogen-bond acceptors (Lipinski definition) is 3. The topological polar surface area (TPSA) is 40.5 Å². The van der Waals surface area contributed by atoms with Gasteiger partial charge < -0.3 is 14.0 Å². The van der Waals surface area contributed by atoms with Crippen molar-refractivity contribution in [1.82, 2.24) is 4.57 Å². The van der Waals surface area contributed by atoms with Crippen LogP contribution in [0.3, 0.4) is 0 Å². The third-order valence-electron chi connectivity index (χ3n) is 4.21. The van der Waals surface area contributed by atoms with Crippen LogP contribution in [0.25, 0.3) is 10.9 Å². The zero-order chi connectivity index (χ0) is 15.0. The fraction of sp³-hybridized carbons (Fsp3) is 0.471. The molecule has 1 saturated heterocycles. The standard InChI is InChI=1S/C17H21NO3/c1-17(2)10-12(8-9-21-17)18-11-14(16(19)20-3)13-6-4-5-7-15(13)18/h4-7,11-12H,8-10H2,1-3H3. The van der Waals surface area contributed by atoms with Gasteiger partial charge in [-0.2, -0.15) is 0 Å². The SMILES string of the molecule is COC(=O)c1cn(C2CCOC(C)(C)C2)c2ccccc12. The van der Waals surface area contributed by atoms with Crippen LogP contribution in [-0.2, 0) is 9.47 Å². The molecular weight excluding hydrogens is 266 g/mol. The molecular formula is C17H21NO3. The molecule has 4 heteroatoms. The van der Waals surface area contributed by atoms with Crippen molar-refractivity contribution in [2.24, 2.45) is 0 Å². The summed E-state index contributed by atoms with van der Waals surface area (Å²) in [7, 11) is 1.42. The molecule has 21 heavy (non-hydrogen) atoms. The average molecular weight is 287 g/mol. The van der Waals surface area contributed by atoms with Crippen molar-refractivity contribution in [2.45, 2.75) is 38.3 Å². The van der Waals surface area contributed by atoms with Crippen LogP contribution in [0.1, 0.15) is 43.1 Å². The van der Waals surface area contributed by atoms with Gasteiger partial charge in [-0.15, -0.1) is 0 Å². The van der Waals surface area contributed by atoms with Gasteiger partial charge in [-0.1, -0.05) is 18.2 Å². The molecule has 4 nitrogen and oxygen atoms in total. The van der Waals surface area contributed by atoms with E-state index < -0.39 is 0 Å². The number of hydrogen-bond donors (Lipinski definition) is 0. The Morgan fingerprint density at radius 1 is 1.38 bits per heavy atom. The van der Waals surface area contributed by atoms with E-state index >= 15 is 0 Å². The van der Waals surface area contributed by atoms with Gasteiger partial charge >= 0.3 is 5.97 Å². The molecule has 0 spiro atoms. The van der Waals surface area contributed by atoms with Crippen LogP contribution < -0.4 is 0 Å². The molecule has 1 unspecified atom stereocenters. The molecule has 3 rings (SSSR count). The van der Waals surface area contributed by atoms with Crippen LogP contribution >= 0.6 is 0 Å². The highest BCUT2D eigenvalue weighted by molar-refractivity contribution is 6.04. The van der Waals surface area contributed by atoms with E-state index in [0.717, 1.165) is 30.4 Å². The molecule has 0 N–H and O–H groups in total. The number of aromatic nitrogens is 1. The normalized spacial score (nSPS) is 21.4. The first-order valence-corrected chi connectivity index (χ1v) is 7.34. The van der Waals surface area contributed by atoms with E-state index in [-0.39, 0.29) is 11.6 Å². The molecule has 1 aromatic carbocycles. The summed E-state index contributed by atoms with van der Waals surface area (Å²) in [5, 5.41) is 0.952. The maximum Gasteiger partial charge on any atom is 0.340 e. The van der Waals surface area contributed by atoms with Crippen molar-refractivity contribution < 1.29 is 14.3 Å². The molecule has 0 aliphatic carbocycles. The number of carbonyl (C=O) groups excluding carboxylic acids is 1. The second-order valence-corrected chi connectivity index (χ2v) is 6.21. The summed E-state index contributed by atoms with van der Waals surface area (Å²) in [6, 6.07) is 8.33. The summed E-state index contributed by atoms with van der Waals surface area (Å²) in [4.78, 5) is 12.0. The molecule has 2 heterocycles. The number of benzene rings is 1. The Kier molecular flexibility index (Phi) is 3.49. The van der Waals surface area contributed by atoms with E-state index in [1.807, 2.05) is 24.4 Å². The molecule has 0 bridgehead atoms. The summed E-state index contributed by atoms with van der Waals surface area (Å²) in [5.74, 6) is -0.281. The minimum Gasteiger partial charge on any atom is -0.465 e. The molecule has 1 fully saturated rings. The first kappa shape index (κ1) is 14.1. The summed E-state index contributed by atoms with van der Waals surface area (Å²) in [6.07, 6.45) is 3.83. The predicted octanol–water partition coefficient (Wildman–Crippen LogP) is 3.56. The molecule has 0 radical (unpaired) electrons. The van der Waals surface area contributed by atoms with E-state index in [1.54, 1.807) is 0 Å². The van der Waals surface area contributed by atoms with Gasteiger partial charge in [0.05, 0.1) is 18.3 Å². The molecule has 2 aromatic rings. The van der Waals surface area contributed by atoms with E-state index in [1.165, 1.54) is 7.11 Å². The Hall–Kier alpha value is -1.81. The highest BCUT2D eigenvalue weighted by atomic mass is 16.5. The lowest BCUT2D eigenvalue weighted by Gasteiger charge is -2.36. The minimum atomic E-state index is -0.281. The lowest BCUT2D eigenvalue weighted by atomic mass is 9.93. The van der Waals surface area contributed by atoms with E-state index in [2.05, 4.69) is 24.5 Å². The predicted molar refractivity (Wildman–Crippen MR) is 81.6 cm³/mol. The van der Waals surface area contributed by atoms with Crippen molar-refractivity contribution in [3.63, 3.8) is 0 Å². The number of carbonyl (C=O) groups is 1. The van der Waals surface area contributed by atoms with Crippen molar-refractivity contribution in [3.8, 4) is 0 Å². The maximum absolute atomic E-state index is 12.0. The van der Waals surface area contributed by atoms with Gasteiger partial charge in [0.2, 0.25) is 0 Å². The first-order valence-electron chi connectivity index (χ1n) is 7.34. The Labute approximate surface area is 124 Å². The number of ether oxygens (including phenoxy) is 2. The fourth-order valence-electron chi connectivity index (χ4n) is 3.22. The van der Waals surface area contributed by atoms with Crippen LogP contribution in [0.5, 0.6) is 0 Å². The number of nitrogens with zero attached hydrogens (tertiary/aromatic N) is 1. The maximum atomic E-state index is 12.0. The van der Waals surface area contributed by atoms with Gasteiger partial charge in [0, 0.05) is 29.7 Å². The van der Waals surface area contributed by atoms with Gasteiger partial charge in [0.25, 0.3) is 0 Å². The Balaban J connectivity index is 2.08. The lowest BCUT2D eigenvalue weighted by Crippen LogP contribution is -2.34. The number of fused-ring (bicyclic) bond motifs is 1. The van der Waals surface area contributed by atoms with Crippen molar-refractivity contribution in [3.05, 3.63) is 36.0 Å². The van der Waals surface area contributed by atoms with E-state index in [9.17, 15) is 4.79 Å². The molecule has 1 aliphatic rings. The minimum absolute atomic E-state index is 0.125. The molecule has 0 saturated carbocycles. The summed E-state index contributed by atoms with van der Waals surface area (Å²) < 4.78 is 12.9. The summed E-state index contributed by atoms with van der Waals surface area (Å²) in [6.45, 7) is 4.98. The van der Waals surface area contributed by atoms with Crippen molar-refractivity contribution in [2.75, 3.05) is 13.7 Å². The smallest absolute Gasteiger partial charge is 0.340 e. The Morgan fingerprint density at radius 2 is 2.14 bits per heavy atom. The molecule has 1 atom stereocenters. The quantitative estimate of drug-likeness (QED) is 0.793. The number of methoxy groups -OCH3 is 1. The number of para-hydroxylation sites is 1. The second-order valence-electron chi connectivity index (χ2n) is 6.21.